The topological polar surface area (TPSA) is 60.2 Å². The maximum Gasteiger partial charge on any atom is 0.419 e. The van der Waals surface area contributed by atoms with E-state index in [0.29, 0.717) is 6.61 Å². The van der Waals surface area contributed by atoms with E-state index in [1.54, 1.807) is 0 Å². The van der Waals surface area contributed by atoms with Crippen LogP contribution in [-0.2, 0) is 10.9 Å². The number of halogens is 3. The molecule has 19 heavy (non-hydrogen) atoms. The van der Waals surface area contributed by atoms with E-state index in [2.05, 4.69) is 10.3 Å². The van der Waals surface area contributed by atoms with Crippen molar-refractivity contribution in [1.29, 1.82) is 0 Å². The normalized spacial score (nSPS) is 33.7. The number of nitrogens with one attached hydrogen (secondary N) is 1. The quantitative estimate of drug-likeness (QED) is 0.859. The molecule has 3 rings (SSSR count). The maximum absolute atomic E-state index is 12.8. The molecule has 104 valence electrons. The van der Waals surface area contributed by atoms with E-state index in [-0.39, 0.29) is 29.9 Å². The molecule has 0 spiro atoms. The molecule has 4 atom stereocenters. The van der Waals surface area contributed by atoms with Gasteiger partial charge in [-0.2, -0.15) is 13.2 Å². The number of ether oxygens (including phenoxy) is 1. The molecule has 7 heteroatoms. The van der Waals surface area contributed by atoms with Crippen molar-refractivity contribution in [3.05, 3.63) is 23.9 Å². The Labute approximate surface area is 108 Å². The van der Waals surface area contributed by atoms with E-state index in [1.165, 1.54) is 12.3 Å². The summed E-state index contributed by atoms with van der Waals surface area (Å²) in [7, 11) is 0. The molecule has 0 amide bonds. The Morgan fingerprint density at radius 1 is 1.42 bits per heavy atom. The third-order valence-electron chi connectivity index (χ3n) is 3.86. The van der Waals surface area contributed by atoms with Gasteiger partial charge in [-0.25, -0.2) is 4.98 Å². The highest BCUT2D eigenvalue weighted by atomic mass is 19.4. The van der Waals surface area contributed by atoms with Gasteiger partial charge < -0.3 is 15.8 Å². The molecule has 3 N–H and O–H groups in total. The first-order valence-corrected chi connectivity index (χ1v) is 6.14. The minimum absolute atomic E-state index is 0.0990. The van der Waals surface area contributed by atoms with Crippen molar-refractivity contribution < 1.29 is 17.9 Å². The molecule has 0 radical (unpaired) electrons. The van der Waals surface area contributed by atoms with E-state index in [0.717, 1.165) is 12.5 Å². The van der Waals surface area contributed by atoms with Crippen molar-refractivity contribution in [2.24, 2.45) is 11.7 Å². The molecule has 0 aromatic carbocycles. The molecule has 1 aliphatic heterocycles. The predicted octanol–water partition coefficient (Wildman–Crippen LogP) is 1.63. The van der Waals surface area contributed by atoms with E-state index in [1.807, 2.05) is 0 Å². The summed E-state index contributed by atoms with van der Waals surface area (Å²) in [5.41, 5.74) is 5.19. The van der Waals surface area contributed by atoms with Crippen LogP contribution in [0.5, 0.6) is 0 Å². The van der Waals surface area contributed by atoms with Crippen LogP contribution in [0.2, 0.25) is 0 Å². The van der Waals surface area contributed by atoms with Gasteiger partial charge in [0.05, 0.1) is 17.7 Å². The lowest BCUT2D eigenvalue weighted by molar-refractivity contribution is -0.137. The Kier molecular flexibility index (Phi) is 2.90. The first-order chi connectivity index (χ1) is 8.98. The van der Waals surface area contributed by atoms with Crippen LogP contribution < -0.4 is 11.1 Å². The lowest BCUT2D eigenvalue weighted by Crippen LogP contribution is -2.65. The fourth-order valence-electron chi connectivity index (χ4n) is 2.83. The number of nitrogens with zero attached hydrogens (tertiary/aromatic N) is 1. The molecular formula is C12H14F3N3O. The minimum Gasteiger partial charge on any atom is -0.376 e. The molecular weight excluding hydrogens is 259 g/mol. The number of hydrogen-bond acceptors (Lipinski definition) is 4. The average molecular weight is 273 g/mol. The van der Waals surface area contributed by atoms with Crippen molar-refractivity contribution in [2.45, 2.75) is 30.8 Å². The Balaban J connectivity index is 1.81. The number of anilines is 1. The first-order valence-electron chi connectivity index (χ1n) is 6.14. The molecule has 1 aromatic rings. The molecule has 1 saturated heterocycles. The molecule has 1 aromatic heterocycles. The van der Waals surface area contributed by atoms with E-state index < -0.39 is 11.7 Å². The summed E-state index contributed by atoms with van der Waals surface area (Å²) in [4.78, 5) is 3.77. The fraction of sp³-hybridized carbons (Fsp3) is 0.583. The monoisotopic (exact) mass is 273 g/mol. The molecule has 1 aliphatic carbocycles. The molecule has 2 aliphatic rings. The summed E-state index contributed by atoms with van der Waals surface area (Å²) in [5.74, 6) is 0.0694. The average Bonchev–Trinajstić information content (AvgIpc) is 2.80. The molecule has 4 nitrogen and oxygen atoms in total. The Hall–Kier alpha value is -1.34. The van der Waals surface area contributed by atoms with Gasteiger partial charge in [0.1, 0.15) is 5.82 Å². The van der Waals surface area contributed by atoms with Gasteiger partial charge in [0.2, 0.25) is 0 Å². The number of nitrogens with two attached hydrogens (primary N) is 1. The van der Waals surface area contributed by atoms with Crippen LogP contribution in [0, 0.1) is 5.92 Å². The highest BCUT2D eigenvalue weighted by molar-refractivity contribution is 5.48. The van der Waals surface area contributed by atoms with Crippen LogP contribution in [0.15, 0.2) is 18.3 Å². The largest absolute Gasteiger partial charge is 0.419 e. The summed E-state index contributed by atoms with van der Waals surface area (Å²) in [6.07, 6.45) is -2.33. The van der Waals surface area contributed by atoms with Gasteiger partial charge >= 0.3 is 6.18 Å². The van der Waals surface area contributed by atoms with Crippen molar-refractivity contribution in [3.63, 3.8) is 0 Å². The minimum atomic E-state index is -4.43. The van der Waals surface area contributed by atoms with Crippen LogP contribution in [-0.4, -0.2) is 29.8 Å². The summed E-state index contributed by atoms with van der Waals surface area (Å²) in [6.45, 7) is 0.621. The molecule has 2 heterocycles. The van der Waals surface area contributed by atoms with Crippen molar-refractivity contribution in [3.8, 4) is 0 Å². The lowest BCUT2D eigenvalue weighted by atomic mass is 9.72. The standard InChI is InChI=1S/C12H14F3N3O/c13-12(14,15)7-2-1-4-17-11(7)18-9-8(16)6-3-5-19-10(6)9/h1-2,4,6,8-10H,3,5,16H2,(H,17,18). The zero-order valence-corrected chi connectivity index (χ0v) is 10.0. The lowest BCUT2D eigenvalue weighted by Gasteiger charge is -2.46. The summed E-state index contributed by atoms with van der Waals surface area (Å²) in [5, 5.41) is 2.79. The highest BCUT2D eigenvalue weighted by Gasteiger charge is 2.52. The van der Waals surface area contributed by atoms with E-state index in [4.69, 9.17) is 10.5 Å². The first kappa shape index (κ1) is 12.7. The molecule has 1 saturated carbocycles. The second-order valence-electron chi connectivity index (χ2n) is 4.93. The molecule has 2 fully saturated rings. The number of aromatic nitrogens is 1. The molecule has 4 unspecified atom stereocenters. The summed E-state index contributed by atoms with van der Waals surface area (Å²) in [6, 6.07) is 1.79. The predicted molar refractivity (Wildman–Crippen MR) is 62.5 cm³/mol. The number of hydrogen-bond donors (Lipinski definition) is 2. The van der Waals surface area contributed by atoms with Crippen molar-refractivity contribution >= 4 is 5.82 Å². The van der Waals surface area contributed by atoms with Crippen LogP contribution >= 0.6 is 0 Å². The van der Waals surface area contributed by atoms with Crippen LogP contribution in [0.1, 0.15) is 12.0 Å². The molecule has 0 bridgehead atoms. The van der Waals surface area contributed by atoms with Gasteiger partial charge in [-0.1, -0.05) is 0 Å². The Morgan fingerprint density at radius 3 is 2.95 bits per heavy atom. The number of pyridine rings is 1. The van der Waals surface area contributed by atoms with Gasteiger partial charge in [0.15, 0.2) is 0 Å². The number of rotatable bonds is 2. The summed E-state index contributed by atoms with van der Waals surface area (Å²) >= 11 is 0. The van der Waals surface area contributed by atoms with Gasteiger partial charge in [-0.15, -0.1) is 0 Å². The van der Waals surface area contributed by atoms with Gasteiger partial charge in [0.25, 0.3) is 0 Å². The summed E-state index contributed by atoms with van der Waals surface area (Å²) < 4.78 is 44.0. The van der Waals surface area contributed by atoms with E-state index >= 15 is 0 Å². The smallest absolute Gasteiger partial charge is 0.376 e. The third kappa shape index (κ3) is 2.06. The third-order valence-corrected chi connectivity index (χ3v) is 3.86. The van der Waals surface area contributed by atoms with Gasteiger partial charge in [-0.05, 0) is 18.6 Å². The van der Waals surface area contributed by atoms with Gasteiger partial charge in [0, 0.05) is 24.8 Å². The van der Waals surface area contributed by atoms with Crippen molar-refractivity contribution in [2.75, 3.05) is 11.9 Å². The second kappa shape index (κ2) is 4.35. The maximum atomic E-state index is 12.8. The van der Waals surface area contributed by atoms with Gasteiger partial charge in [-0.3, -0.25) is 0 Å². The zero-order chi connectivity index (χ0) is 13.6. The van der Waals surface area contributed by atoms with Crippen LogP contribution in [0.3, 0.4) is 0 Å². The fourth-order valence-corrected chi connectivity index (χ4v) is 2.83. The van der Waals surface area contributed by atoms with Crippen LogP contribution in [0.25, 0.3) is 0 Å². The Bertz CT molecular complexity index is 480. The Morgan fingerprint density at radius 2 is 2.21 bits per heavy atom. The highest BCUT2D eigenvalue weighted by Crippen LogP contribution is 2.41. The zero-order valence-electron chi connectivity index (χ0n) is 10.0. The SMILES string of the molecule is NC1C2CCOC2C1Nc1ncccc1C(F)(F)F. The number of fused-ring (bicyclic) bond motifs is 1. The van der Waals surface area contributed by atoms with Crippen molar-refractivity contribution in [1.82, 2.24) is 4.98 Å². The number of alkyl halides is 3. The van der Waals surface area contributed by atoms with Crippen LogP contribution in [0.4, 0.5) is 19.0 Å². The van der Waals surface area contributed by atoms with E-state index in [9.17, 15) is 13.2 Å². The second-order valence-corrected chi connectivity index (χ2v) is 4.93.